The van der Waals surface area contributed by atoms with Crippen LogP contribution in [-0.2, 0) is 19.6 Å². The molecular weight excluding hydrogens is 248 g/mol. The maximum absolute atomic E-state index is 5.48. The number of benzene rings is 1. The van der Waals surface area contributed by atoms with Gasteiger partial charge in [0.1, 0.15) is 5.75 Å². The van der Waals surface area contributed by atoms with E-state index in [9.17, 15) is 0 Å². The van der Waals surface area contributed by atoms with Crippen molar-refractivity contribution < 1.29 is 4.74 Å². The predicted octanol–water partition coefficient (Wildman–Crippen LogP) is 3.22. The summed E-state index contributed by atoms with van der Waals surface area (Å²) < 4.78 is 5.48. The number of pyridine rings is 1. The van der Waals surface area contributed by atoms with E-state index in [1.807, 2.05) is 13.1 Å². The van der Waals surface area contributed by atoms with E-state index in [0.29, 0.717) is 0 Å². The van der Waals surface area contributed by atoms with Gasteiger partial charge >= 0.3 is 0 Å². The summed E-state index contributed by atoms with van der Waals surface area (Å²) in [6, 6.07) is 8.65. The molecule has 0 unspecified atom stereocenters. The lowest BCUT2D eigenvalue weighted by Crippen LogP contribution is -2.17. The second kappa shape index (κ2) is 5.25. The number of aryl methyl sites for hydroxylation is 1. The lowest BCUT2D eigenvalue weighted by atomic mass is 10.1. The molecule has 0 fully saturated rings. The molecule has 0 bridgehead atoms. The van der Waals surface area contributed by atoms with Gasteiger partial charge in [-0.3, -0.25) is 9.88 Å². The second-order valence-electron chi connectivity index (χ2n) is 5.46. The molecule has 0 N–H and O–H groups in total. The van der Waals surface area contributed by atoms with Crippen LogP contribution in [0.15, 0.2) is 30.5 Å². The highest BCUT2D eigenvalue weighted by atomic mass is 16.5. The number of methoxy groups -OCH3 is 1. The van der Waals surface area contributed by atoms with Crippen molar-refractivity contribution >= 4 is 0 Å². The quantitative estimate of drug-likeness (QED) is 0.854. The molecule has 0 atom stereocenters. The summed E-state index contributed by atoms with van der Waals surface area (Å²) in [6.07, 6.45) is 1.91. The van der Waals surface area contributed by atoms with Crippen molar-refractivity contribution in [2.24, 2.45) is 0 Å². The summed E-state index contributed by atoms with van der Waals surface area (Å²) in [4.78, 5) is 7.02. The second-order valence-corrected chi connectivity index (χ2v) is 5.46. The molecule has 0 amide bonds. The fraction of sp³-hybridized carbons (Fsp3) is 0.353. The van der Waals surface area contributed by atoms with Gasteiger partial charge in [-0.2, -0.15) is 0 Å². The van der Waals surface area contributed by atoms with Crippen molar-refractivity contribution in [1.29, 1.82) is 0 Å². The van der Waals surface area contributed by atoms with E-state index in [-0.39, 0.29) is 0 Å². The van der Waals surface area contributed by atoms with Crippen LogP contribution in [0.1, 0.15) is 27.9 Å². The van der Waals surface area contributed by atoms with Crippen molar-refractivity contribution in [2.45, 2.75) is 33.5 Å². The minimum absolute atomic E-state index is 0.872. The first kappa shape index (κ1) is 13.1. The summed E-state index contributed by atoms with van der Waals surface area (Å²) in [5.41, 5.74) is 6.23. The van der Waals surface area contributed by atoms with Gasteiger partial charge in [-0.05, 0) is 25.0 Å². The zero-order valence-electron chi connectivity index (χ0n) is 12.3. The van der Waals surface area contributed by atoms with Crippen LogP contribution in [0.5, 0.6) is 5.75 Å². The molecule has 0 saturated carbocycles. The fourth-order valence-corrected chi connectivity index (χ4v) is 2.96. The van der Waals surface area contributed by atoms with Gasteiger partial charge in [-0.25, -0.2) is 0 Å². The third kappa shape index (κ3) is 2.29. The van der Waals surface area contributed by atoms with Crippen LogP contribution >= 0.6 is 0 Å². The van der Waals surface area contributed by atoms with Crippen molar-refractivity contribution in [1.82, 2.24) is 9.88 Å². The molecular formula is C17H20N2O. The first-order chi connectivity index (χ1) is 9.69. The monoisotopic (exact) mass is 268 g/mol. The fourth-order valence-electron chi connectivity index (χ4n) is 2.96. The molecule has 1 aliphatic rings. The van der Waals surface area contributed by atoms with Crippen molar-refractivity contribution in [2.75, 3.05) is 7.11 Å². The first-order valence-electron chi connectivity index (χ1n) is 6.97. The molecule has 0 aliphatic carbocycles. The topological polar surface area (TPSA) is 25.4 Å². The smallest absolute Gasteiger partial charge is 0.128 e. The Bertz CT molecular complexity index is 612. The average molecular weight is 268 g/mol. The SMILES string of the molecule is COc1c(C)cnc(CN2Cc3ccccc3C2)c1C. The van der Waals surface area contributed by atoms with Crippen LogP contribution in [0.4, 0.5) is 0 Å². The summed E-state index contributed by atoms with van der Waals surface area (Å²) in [5, 5.41) is 0. The molecule has 1 aromatic heterocycles. The maximum atomic E-state index is 5.48. The van der Waals surface area contributed by atoms with E-state index < -0.39 is 0 Å². The summed E-state index contributed by atoms with van der Waals surface area (Å²) >= 11 is 0. The standard InChI is InChI=1S/C17H20N2O/c1-12-8-18-16(13(2)17(12)20-3)11-19-9-14-6-4-5-7-15(14)10-19/h4-8H,9-11H2,1-3H3. The van der Waals surface area contributed by atoms with E-state index in [1.165, 1.54) is 11.1 Å². The maximum Gasteiger partial charge on any atom is 0.128 e. The molecule has 1 aliphatic heterocycles. The van der Waals surface area contributed by atoms with Crippen molar-refractivity contribution in [3.63, 3.8) is 0 Å². The molecule has 0 radical (unpaired) electrons. The lowest BCUT2D eigenvalue weighted by molar-refractivity contribution is 0.270. The number of rotatable bonds is 3. The normalized spacial score (nSPS) is 14.3. The van der Waals surface area contributed by atoms with Crippen LogP contribution in [0, 0.1) is 13.8 Å². The Kier molecular flexibility index (Phi) is 3.45. The number of hydrogen-bond acceptors (Lipinski definition) is 3. The molecule has 3 nitrogen and oxygen atoms in total. The average Bonchev–Trinajstić information content (AvgIpc) is 2.85. The largest absolute Gasteiger partial charge is 0.496 e. The number of fused-ring (bicyclic) bond motifs is 1. The highest BCUT2D eigenvalue weighted by Gasteiger charge is 2.20. The Morgan fingerprint density at radius 2 is 1.80 bits per heavy atom. The number of hydrogen-bond donors (Lipinski definition) is 0. The third-order valence-electron chi connectivity index (χ3n) is 4.03. The molecule has 104 valence electrons. The first-order valence-corrected chi connectivity index (χ1v) is 6.97. The van der Waals surface area contributed by atoms with Gasteiger partial charge in [0.25, 0.3) is 0 Å². The predicted molar refractivity (Wildman–Crippen MR) is 79.7 cm³/mol. The van der Waals surface area contributed by atoms with Gasteiger partial charge in [0.15, 0.2) is 0 Å². The number of nitrogens with zero attached hydrogens (tertiary/aromatic N) is 2. The molecule has 0 saturated heterocycles. The van der Waals surface area contributed by atoms with Gasteiger partial charge in [0.05, 0.1) is 12.8 Å². The molecule has 0 spiro atoms. The third-order valence-corrected chi connectivity index (χ3v) is 4.03. The molecule has 3 rings (SSSR count). The molecule has 1 aromatic carbocycles. The summed E-state index contributed by atoms with van der Waals surface area (Å²) in [7, 11) is 1.73. The van der Waals surface area contributed by atoms with Gasteiger partial charge in [0, 0.05) is 37.0 Å². The van der Waals surface area contributed by atoms with E-state index in [1.54, 1.807) is 7.11 Å². The van der Waals surface area contributed by atoms with Crippen LogP contribution in [-0.4, -0.2) is 17.0 Å². The number of ether oxygens (including phenoxy) is 1. The Morgan fingerprint density at radius 1 is 1.15 bits per heavy atom. The number of aromatic nitrogens is 1. The highest BCUT2D eigenvalue weighted by molar-refractivity contribution is 5.41. The molecule has 20 heavy (non-hydrogen) atoms. The van der Waals surface area contributed by atoms with Gasteiger partial charge in [0.2, 0.25) is 0 Å². The minimum Gasteiger partial charge on any atom is -0.496 e. The molecule has 2 aromatic rings. The van der Waals surface area contributed by atoms with Crippen molar-refractivity contribution in [3.8, 4) is 5.75 Å². The Morgan fingerprint density at radius 3 is 2.40 bits per heavy atom. The Balaban J connectivity index is 1.81. The Hall–Kier alpha value is -1.87. The van der Waals surface area contributed by atoms with E-state index in [4.69, 9.17) is 4.74 Å². The zero-order chi connectivity index (χ0) is 14.1. The van der Waals surface area contributed by atoms with Gasteiger partial charge in [-0.15, -0.1) is 0 Å². The molecule has 3 heteroatoms. The van der Waals surface area contributed by atoms with Crippen LogP contribution in [0.3, 0.4) is 0 Å². The summed E-state index contributed by atoms with van der Waals surface area (Å²) in [5.74, 6) is 0.965. The van der Waals surface area contributed by atoms with Crippen LogP contribution in [0.25, 0.3) is 0 Å². The van der Waals surface area contributed by atoms with Crippen LogP contribution in [0.2, 0.25) is 0 Å². The van der Waals surface area contributed by atoms with Gasteiger partial charge < -0.3 is 4.74 Å². The summed E-state index contributed by atoms with van der Waals surface area (Å²) in [6.45, 7) is 7.02. The Labute approximate surface area is 120 Å². The minimum atomic E-state index is 0.872. The highest BCUT2D eigenvalue weighted by Crippen LogP contribution is 2.28. The van der Waals surface area contributed by atoms with E-state index in [2.05, 4.69) is 41.1 Å². The zero-order valence-corrected chi connectivity index (χ0v) is 12.3. The van der Waals surface area contributed by atoms with E-state index >= 15 is 0 Å². The van der Waals surface area contributed by atoms with Gasteiger partial charge in [-0.1, -0.05) is 24.3 Å². The lowest BCUT2D eigenvalue weighted by Gasteiger charge is -2.18. The van der Waals surface area contributed by atoms with Crippen molar-refractivity contribution in [3.05, 3.63) is 58.4 Å². The van der Waals surface area contributed by atoms with E-state index in [0.717, 1.165) is 42.2 Å². The molecule has 2 heterocycles. The van der Waals surface area contributed by atoms with Crippen LogP contribution < -0.4 is 4.74 Å².